The van der Waals surface area contributed by atoms with Gasteiger partial charge < -0.3 is 20.7 Å². The van der Waals surface area contributed by atoms with Crippen molar-refractivity contribution in [3.8, 4) is 0 Å². The standard InChI is InChI=1S/C26H49N7O2/c1-26(2)14-21(19-9-4-5-10-22(19)35-26)30-25(34)17-7-6-8-18(13-17)28-15-23-31-32-24(33(23)3)20-11-12-27-16-29-20/h17-24,27-29,31-32H,4-16H2,1-3H3,(H,30,34)/t17?,18?,19?,20?,21-,22?,23?,24?/m0/s1. The van der Waals surface area contributed by atoms with Crippen LogP contribution in [-0.4, -0.2) is 79.8 Å². The number of carbonyl (C=O) groups is 1. The average molecular weight is 492 g/mol. The summed E-state index contributed by atoms with van der Waals surface area (Å²) >= 11 is 0. The molecule has 7 unspecified atom stereocenters. The third kappa shape index (κ3) is 6.20. The van der Waals surface area contributed by atoms with Crippen LogP contribution in [0.2, 0.25) is 0 Å². The number of fused-ring (bicyclic) bond motifs is 1. The number of hydrogen-bond donors (Lipinski definition) is 6. The van der Waals surface area contributed by atoms with Gasteiger partial charge >= 0.3 is 0 Å². The summed E-state index contributed by atoms with van der Waals surface area (Å²) in [6.07, 6.45) is 12.0. The van der Waals surface area contributed by atoms with Crippen LogP contribution in [0.15, 0.2) is 0 Å². The second-order valence-electron chi connectivity index (χ2n) is 12.3. The average Bonchev–Trinajstić information content (AvgIpc) is 3.23. The Morgan fingerprint density at radius 2 is 1.94 bits per heavy atom. The minimum Gasteiger partial charge on any atom is -0.372 e. The maximum atomic E-state index is 13.4. The molecule has 3 heterocycles. The predicted molar refractivity (Wildman–Crippen MR) is 137 cm³/mol. The number of hydrazine groups is 1. The lowest BCUT2D eigenvalue weighted by Gasteiger charge is -2.48. The van der Waals surface area contributed by atoms with Crippen molar-refractivity contribution in [2.45, 2.75) is 120 Å². The molecule has 3 aliphatic heterocycles. The number of nitrogens with zero attached hydrogens (tertiary/aromatic N) is 1. The Hall–Kier alpha value is -0.810. The molecular weight excluding hydrogens is 442 g/mol. The first kappa shape index (κ1) is 25.8. The van der Waals surface area contributed by atoms with Gasteiger partial charge in [0.1, 0.15) is 0 Å². The summed E-state index contributed by atoms with van der Waals surface area (Å²) in [4.78, 5) is 15.8. The molecule has 0 aromatic rings. The first-order valence-electron chi connectivity index (χ1n) is 14.3. The maximum Gasteiger partial charge on any atom is 0.223 e. The Morgan fingerprint density at radius 3 is 2.77 bits per heavy atom. The highest BCUT2D eigenvalue weighted by Gasteiger charge is 2.44. The van der Waals surface area contributed by atoms with Gasteiger partial charge in [0, 0.05) is 43.2 Å². The molecular formula is C26H49N7O2. The van der Waals surface area contributed by atoms with Crippen LogP contribution in [-0.2, 0) is 9.53 Å². The normalized spacial score (nSPS) is 42.4. The third-order valence-electron chi connectivity index (χ3n) is 9.26. The topological polar surface area (TPSA) is 102 Å². The molecule has 1 amide bonds. The van der Waals surface area contributed by atoms with Crippen LogP contribution in [0, 0.1) is 11.8 Å². The fourth-order valence-electron chi connectivity index (χ4n) is 7.30. The van der Waals surface area contributed by atoms with Crippen LogP contribution in [0.4, 0.5) is 0 Å². The quantitative estimate of drug-likeness (QED) is 0.327. The van der Waals surface area contributed by atoms with E-state index < -0.39 is 0 Å². The largest absolute Gasteiger partial charge is 0.372 e. The number of amides is 1. The van der Waals surface area contributed by atoms with Gasteiger partial charge in [-0.05, 0) is 72.4 Å². The lowest BCUT2D eigenvalue weighted by molar-refractivity contribution is -0.161. The van der Waals surface area contributed by atoms with E-state index in [0.29, 0.717) is 30.3 Å². The summed E-state index contributed by atoms with van der Waals surface area (Å²) in [6, 6.07) is 1.10. The van der Waals surface area contributed by atoms with Crippen LogP contribution >= 0.6 is 0 Å². The molecule has 5 rings (SSSR count). The smallest absolute Gasteiger partial charge is 0.223 e. The van der Waals surface area contributed by atoms with E-state index in [4.69, 9.17) is 4.74 Å². The number of hydrogen-bond acceptors (Lipinski definition) is 8. The Morgan fingerprint density at radius 1 is 1.09 bits per heavy atom. The highest BCUT2D eigenvalue weighted by molar-refractivity contribution is 5.79. The van der Waals surface area contributed by atoms with E-state index in [1.807, 2.05) is 0 Å². The second kappa shape index (κ2) is 11.3. The molecule has 3 saturated heterocycles. The molecule has 0 aromatic heterocycles. The van der Waals surface area contributed by atoms with Gasteiger partial charge in [-0.1, -0.05) is 19.3 Å². The van der Waals surface area contributed by atoms with Crippen LogP contribution < -0.4 is 32.1 Å². The molecule has 9 nitrogen and oxygen atoms in total. The van der Waals surface area contributed by atoms with E-state index in [1.54, 1.807) is 0 Å². The lowest BCUT2D eigenvalue weighted by Crippen LogP contribution is -2.58. The number of carbonyl (C=O) groups excluding carboxylic acids is 1. The highest BCUT2D eigenvalue weighted by Crippen LogP contribution is 2.40. The molecule has 2 aliphatic carbocycles. The monoisotopic (exact) mass is 491 g/mol. The van der Waals surface area contributed by atoms with Crippen molar-refractivity contribution >= 4 is 5.91 Å². The van der Waals surface area contributed by atoms with Gasteiger partial charge in [0.15, 0.2) is 0 Å². The molecule has 5 fully saturated rings. The molecule has 6 N–H and O–H groups in total. The van der Waals surface area contributed by atoms with Crippen molar-refractivity contribution in [1.82, 2.24) is 37.0 Å². The number of likely N-dealkylation sites (N-methyl/N-ethyl adjacent to an activating group) is 1. The molecule has 200 valence electrons. The van der Waals surface area contributed by atoms with Gasteiger partial charge in [0.2, 0.25) is 5.91 Å². The highest BCUT2D eigenvalue weighted by atomic mass is 16.5. The number of rotatable bonds is 6. The Labute approximate surface area is 211 Å². The summed E-state index contributed by atoms with van der Waals surface area (Å²) in [5.74, 6) is 0.878. The van der Waals surface area contributed by atoms with Crippen molar-refractivity contribution in [2.24, 2.45) is 11.8 Å². The van der Waals surface area contributed by atoms with Crippen LogP contribution in [0.25, 0.3) is 0 Å². The van der Waals surface area contributed by atoms with Gasteiger partial charge in [-0.15, -0.1) is 0 Å². The Kier molecular flexibility index (Phi) is 8.33. The van der Waals surface area contributed by atoms with Crippen LogP contribution in [0.3, 0.4) is 0 Å². The van der Waals surface area contributed by atoms with Gasteiger partial charge in [-0.3, -0.25) is 15.0 Å². The summed E-state index contributed by atoms with van der Waals surface area (Å²) < 4.78 is 6.40. The molecule has 9 heteroatoms. The fraction of sp³-hybridized carbons (Fsp3) is 0.962. The van der Waals surface area contributed by atoms with Crippen molar-refractivity contribution in [1.29, 1.82) is 0 Å². The van der Waals surface area contributed by atoms with E-state index in [-0.39, 0.29) is 29.6 Å². The van der Waals surface area contributed by atoms with Crippen molar-refractivity contribution < 1.29 is 9.53 Å². The zero-order chi connectivity index (χ0) is 24.4. The minimum atomic E-state index is -0.150. The van der Waals surface area contributed by atoms with E-state index in [9.17, 15) is 4.79 Å². The molecule has 8 atom stereocenters. The van der Waals surface area contributed by atoms with Crippen molar-refractivity contribution in [2.75, 3.05) is 26.8 Å². The second-order valence-corrected chi connectivity index (χ2v) is 12.3. The van der Waals surface area contributed by atoms with Crippen molar-refractivity contribution in [3.63, 3.8) is 0 Å². The zero-order valence-corrected chi connectivity index (χ0v) is 22.1. The van der Waals surface area contributed by atoms with Gasteiger partial charge in [-0.25, -0.2) is 10.9 Å². The van der Waals surface area contributed by atoms with Gasteiger partial charge in [0.05, 0.1) is 24.0 Å². The van der Waals surface area contributed by atoms with Gasteiger partial charge in [0.25, 0.3) is 0 Å². The van der Waals surface area contributed by atoms with Crippen LogP contribution in [0.5, 0.6) is 0 Å². The summed E-state index contributed by atoms with van der Waals surface area (Å²) in [6.45, 7) is 7.18. The summed E-state index contributed by atoms with van der Waals surface area (Å²) in [5, 5.41) is 14.2. The summed E-state index contributed by atoms with van der Waals surface area (Å²) in [7, 11) is 2.19. The molecule has 2 saturated carbocycles. The van der Waals surface area contributed by atoms with Crippen molar-refractivity contribution in [3.05, 3.63) is 0 Å². The summed E-state index contributed by atoms with van der Waals surface area (Å²) in [5.41, 5.74) is 6.81. The molecule has 35 heavy (non-hydrogen) atoms. The first-order chi connectivity index (χ1) is 16.9. The first-order valence-corrected chi connectivity index (χ1v) is 14.3. The predicted octanol–water partition coefficient (Wildman–Crippen LogP) is 0.978. The zero-order valence-electron chi connectivity index (χ0n) is 22.1. The van der Waals surface area contributed by atoms with E-state index in [0.717, 1.165) is 64.7 Å². The third-order valence-corrected chi connectivity index (χ3v) is 9.26. The van der Waals surface area contributed by atoms with E-state index in [1.165, 1.54) is 19.3 Å². The molecule has 0 bridgehead atoms. The maximum absolute atomic E-state index is 13.4. The molecule has 0 radical (unpaired) electrons. The molecule has 0 aromatic carbocycles. The van der Waals surface area contributed by atoms with E-state index in [2.05, 4.69) is 57.9 Å². The Bertz CT molecular complexity index is 716. The van der Waals surface area contributed by atoms with Gasteiger partial charge in [-0.2, -0.15) is 0 Å². The number of nitrogens with one attached hydrogen (secondary N) is 6. The lowest BCUT2D eigenvalue weighted by atomic mass is 9.74. The number of ether oxygens (including phenoxy) is 1. The van der Waals surface area contributed by atoms with E-state index >= 15 is 0 Å². The molecule has 5 aliphatic rings. The SMILES string of the molecule is CN1C(CNC2CCCC(C(=O)N[C@H]3CC(C)(C)OC4CCCCC43)C2)NNC1C1CCNCN1. The molecule has 0 spiro atoms. The minimum absolute atomic E-state index is 0.119. The fourth-order valence-corrected chi connectivity index (χ4v) is 7.30. The van der Waals surface area contributed by atoms with Crippen LogP contribution in [0.1, 0.15) is 78.1 Å². The Balaban J connectivity index is 1.10.